The first-order valence-electron chi connectivity index (χ1n) is 13.3. The van der Waals surface area contributed by atoms with E-state index in [-0.39, 0.29) is 35.6 Å². The summed E-state index contributed by atoms with van der Waals surface area (Å²) in [5, 5.41) is 12.9. The zero-order chi connectivity index (χ0) is 27.9. The Labute approximate surface area is 238 Å². The first-order valence-corrected chi connectivity index (χ1v) is 14.1. The molecule has 7 rings (SSSR count). The van der Waals surface area contributed by atoms with Gasteiger partial charge in [-0.1, -0.05) is 57.9 Å². The molecule has 1 heterocycles. The van der Waals surface area contributed by atoms with Crippen LogP contribution in [0.25, 0.3) is 10.8 Å². The second-order valence-corrected chi connectivity index (χ2v) is 11.9. The number of ketones is 2. The molecule has 4 aliphatic rings. The fourth-order valence-corrected chi connectivity index (χ4v) is 7.41. The van der Waals surface area contributed by atoms with E-state index in [4.69, 9.17) is 0 Å². The van der Waals surface area contributed by atoms with Crippen LogP contribution < -0.4 is 4.90 Å². The van der Waals surface area contributed by atoms with Gasteiger partial charge in [-0.2, -0.15) is 0 Å². The van der Waals surface area contributed by atoms with Crippen molar-refractivity contribution in [2.24, 2.45) is 17.8 Å². The molecule has 4 atom stereocenters. The Morgan fingerprint density at radius 1 is 0.900 bits per heavy atom. The predicted molar refractivity (Wildman–Crippen MR) is 154 cm³/mol. The Balaban J connectivity index is 1.42. The van der Waals surface area contributed by atoms with Gasteiger partial charge < -0.3 is 5.11 Å². The van der Waals surface area contributed by atoms with Gasteiger partial charge >= 0.3 is 0 Å². The van der Waals surface area contributed by atoms with Gasteiger partial charge in [0.05, 0.1) is 17.5 Å². The summed E-state index contributed by atoms with van der Waals surface area (Å²) in [6.45, 7) is 1.63. The van der Waals surface area contributed by atoms with E-state index in [1.807, 2.05) is 36.4 Å². The highest BCUT2D eigenvalue weighted by Crippen LogP contribution is 2.57. The van der Waals surface area contributed by atoms with Gasteiger partial charge in [0.2, 0.25) is 11.8 Å². The number of rotatable bonds is 2. The minimum atomic E-state index is -0.703. The van der Waals surface area contributed by atoms with Crippen LogP contribution >= 0.6 is 15.9 Å². The maximum atomic E-state index is 14.0. The van der Waals surface area contributed by atoms with E-state index in [0.717, 1.165) is 20.8 Å². The van der Waals surface area contributed by atoms with Gasteiger partial charge in [0.15, 0.2) is 11.6 Å². The third-order valence-corrected chi connectivity index (χ3v) is 9.41. The minimum absolute atomic E-state index is 0.0241. The van der Waals surface area contributed by atoms with Crippen molar-refractivity contribution in [3.8, 4) is 5.75 Å². The molecule has 3 aromatic carbocycles. The number of hydrogen-bond donors (Lipinski definition) is 1. The lowest BCUT2D eigenvalue weighted by Gasteiger charge is -2.42. The zero-order valence-corrected chi connectivity index (χ0v) is 23.1. The van der Waals surface area contributed by atoms with Crippen LogP contribution in [0.4, 0.5) is 5.69 Å². The van der Waals surface area contributed by atoms with Gasteiger partial charge in [-0.15, -0.1) is 0 Å². The number of fused-ring (bicyclic) bond motifs is 4. The van der Waals surface area contributed by atoms with Crippen LogP contribution in [0.5, 0.6) is 5.75 Å². The van der Waals surface area contributed by atoms with Crippen molar-refractivity contribution in [3.05, 3.63) is 105 Å². The maximum Gasteiger partial charge on any atom is 0.238 e. The second kappa shape index (κ2) is 8.96. The fraction of sp³-hybridized carbons (Fsp3) is 0.212. The Bertz CT molecular complexity index is 1780. The van der Waals surface area contributed by atoms with Gasteiger partial charge in [0.1, 0.15) is 5.75 Å². The average Bonchev–Trinajstić information content (AvgIpc) is 3.21. The molecule has 0 radical (unpaired) electrons. The van der Waals surface area contributed by atoms with E-state index in [0.29, 0.717) is 34.4 Å². The minimum Gasteiger partial charge on any atom is -0.508 e. The molecule has 2 amide bonds. The number of aromatic hydroxyl groups is 1. The lowest BCUT2D eigenvalue weighted by molar-refractivity contribution is -0.123. The van der Waals surface area contributed by atoms with Crippen molar-refractivity contribution in [1.29, 1.82) is 0 Å². The van der Waals surface area contributed by atoms with Gasteiger partial charge in [-0.3, -0.25) is 24.1 Å². The van der Waals surface area contributed by atoms with Crippen LogP contribution in [0.15, 0.2) is 99.6 Å². The third kappa shape index (κ3) is 3.47. The summed E-state index contributed by atoms with van der Waals surface area (Å²) in [7, 11) is 0. The van der Waals surface area contributed by atoms with Gasteiger partial charge in [-0.25, -0.2) is 0 Å². The quantitative estimate of drug-likeness (QED) is 0.225. The largest absolute Gasteiger partial charge is 0.508 e. The summed E-state index contributed by atoms with van der Waals surface area (Å²) in [6.07, 6.45) is 3.89. The van der Waals surface area contributed by atoms with E-state index in [2.05, 4.69) is 15.9 Å². The number of carbonyl (C=O) groups excluding carboxylic acids is 4. The first-order chi connectivity index (χ1) is 19.3. The van der Waals surface area contributed by atoms with Crippen molar-refractivity contribution >= 4 is 55.8 Å². The van der Waals surface area contributed by atoms with Crippen molar-refractivity contribution in [3.63, 3.8) is 0 Å². The van der Waals surface area contributed by atoms with Gasteiger partial charge in [0, 0.05) is 32.7 Å². The molecule has 40 heavy (non-hydrogen) atoms. The van der Waals surface area contributed by atoms with Gasteiger partial charge in [0.25, 0.3) is 0 Å². The molecule has 1 fully saturated rings. The number of allylic oxidation sites excluding steroid dienone is 6. The number of phenolic OH excluding ortho intramolecular Hbond substituents is 1. The van der Waals surface area contributed by atoms with Crippen LogP contribution in [0.2, 0.25) is 0 Å². The Kier molecular flexibility index (Phi) is 5.58. The van der Waals surface area contributed by atoms with E-state index in [1.54, 1.807) is 37.3 Å². The number of amides is 2. The molecule has 0 unspecified atom stereocenters. The molecule has 1 N–H and O–H groups in total. The van der Waals surface area contributed by atoms with Crippen LogP contribution in [-0.2, 0) is 19.2 Å². The lowest BCUT2D eigenvalue weighted by Crippen LogP contribution is -2.39. The predicted octanol–water partition coefficient (Wildman–Crippen LogP) is 5.94. The number of anilines is 1. The molecule has 198 valence electrons. The number of hydrogen-bond acceptors (Lipinski definition) is 5. The van der Waals surface area contributed by atoms with E-state index < -0.39 is 23.7 Å². The summed E-state index contributed by atoms with van der Waals surface area (Å²) in [5.74, 6) is -3.38. The van der Waals surface area contributed by atoms with Crippen LogP contribution in [0.1, 0.15) is 31.2 Å². The molecule has 0 bridgehead atoms. The molecule has 7 heteroatoms. The topological polar surface area (TPSA) is 91.8 Å². The van der Waals surface area contributed by atoms with Crippen molar-refractivity contribution < 1.29 is 24.3 Å². The molecule has 0 saturated carbocycles. The van der Waals surface area contributed by atoms with Crippen LogP contribution in [0, 0.1) is 17.8 Å². The van der Waals surface area contributed by atoms with E-state index in [1.165, 1.54) is 11.0 Å². The fourth-order valence-electron chi connectivity index (χ4n) is 7.15. The summed E-state index contributed by atoms with van der Waals surface area (Å²) in [5.41, 5.74) is 2.98. The summed E-state index contributed by atoms with van der Waals surface area (Å²) < 4.78 is 0.838. The van der Waals surface area contributed by atoms with Crippen LogP contribution in [0.3, 0.4) is 0 Å². The molecule has 3 aliphatic carbocycles. The molecule has 0 spiro atoms. The van der Waals surface area contributed by atoms with Crippen molar-refractivity contribution in [2.45, 2.75) is 25.7 Å². The summed E-state index contributed by atoms with van der Waals surface area (Å²) in [4.78, 5) is 56.0. The Morgan fingerprint density at radius 3 is 2.42 bits per heavy atom. The maximum absolute atomic E-state index is 14.0. The number of halogens is 1. The lowest BCUT2D eigenvalue weighted by atomic mass is 9.59. The molecule has 0 aromatic heterocycles. The van der Waals surface area contributed by atoms with Gasteiger partial charge in [-0.05, 0) is 72.9 Å². The number of Topliss-reactive ketones (excluding diaryl/α,β-unsaturated/α-hetero) is 1. The number of nitrogens with zero attached hydrogens (tertiary/aromatic N) is 1. The van der Waals surface area contributed by atoms with E-state index in [9.17, 15) is 24.3 Å². The Hall–Kier alpha value is -4.10. The molecular formula is C33H24BrNO5. The van der Waals surface area contributed by atoms with Crippen molar-refractivity contribution in [1.82, 2.24) is 0 Å². The molecular weight excluding hydrogens is 570 g/mol. The monoisotopic (exact) mass is 593 g/mol. The number of phenols is 1. The normalized spacial score (nSPS) is 26.0. The van der Waals surface area contributed by atoms with Crippen LogP contribution in [-0.4, -0.2) is 28.5 Å². The SMILES string of the molecule is CC1=CC(=O)C2=C(C[C@@H]3C(=CC[C@@H]4C(=O)N(c5ccc(Br)cc5)C(=O)[C@@H]43)[C@@H]2c2c(O)ccc3ccccc23)C1=O. The molecule has 1 saturated heterocycles. The Morgan fingerprint density at radius 2 is 1.65 bits per heavy atom. The number of carbonyl (C=O) groups is 4. The van der Waals surface area contributed by atoms with Crippen molar-refractivity contribution in [2.75, 3.05) is 4.90 Å². The highest BCUT2D eigenvalue weighted by atomic mass is 79.9. The number of benzene rings is 3. The highest BCUT2D eigenvalue weighted by Gasteiger charge is 2.57. The highest BCUT2D eigenvalue weighted by molar-refractivity contribution is 9.10. The zero-order valence-electron chi connectivity index (χ0n) is 21.6. The third-order valence-electron chi connectivity index (χ3n) is 8.88. The standard InChI is InChI=1S/C33H24BrNO5/c1-16-14-26(37)29-24(31(16)38)15-23-21(30(29)28-20-5-3-2-4-17(20)6-13-25(28)36)11-12-22-27(23)33(40)35(32(22)39)19-9-7-18(34)8-10-19/h2-11,13-14,22-23,27,30,36H,12,15H2,1H3/t22-,23+,27-,30+/m0/s1. The second-order valence-electron chi connectivity index (χ2n) is 10.9. The van der Waals surface area contributed by atoms with E-state index >= 15 is 0 Å². The summed E-state index contributed by atoms with van der Waals surface area (Å²) in [6, 6.07) is 18.1. The average molecular weight is 594 g/mol. The first kappa shape index (κ1) is 24.9. The summed E-state index contributed by atoms with van der Waals surface area (Å²) >= 11 is 3.40. The smallest absolute Gasteiger partial charge is 0.238 e. The number of imide groups is 1. The molecule has 1 aliphatic heterocycles. The molecule has 6 nitrogen and oxygen atoms in total. The molecule has 3 aromatic rings.